The maximum Gasteiger partial charge on any atom is 0.126 e. The lowest BCUT2D eigenvalue weighted by atomic mass is 10.0. The highest BCUT2D eigenvalue weighted by Gasteiger charge is 2.06. The Morgan fingerprint density at radius 1 is 1.50 bits per heavy atom. The van der Waals surface area contributed by atoms with Crippen molar-refractivity contribution in [3.8, 4) is 0 Å². The van der Waals surface area contributed by atoms with Crippen molar-refractivity contribution in [2.24, 2.45) is 5.73 Å². The lowest BCUT2D eigenvalue weighted by molar-refractivity contribution is 0.593. The van der Waals surface area contributed by atoms with E-state index in [1.807, 2.05) is 19.9 Å². The van der Waals surface area contributed by atoms with E-state index in [1.54, 1.807) is 6.07 Å². The van der Waals surface area contributed by atoms with Gasteiger partial charge in [-0.15, -0.1) is 0 Å². The Labute approximate surface area is 72.4 Å². The number of nitrogens with two attached hydrogens (primary N) is 1. The molecular weight excluding hydrogens is 153 g/mol. The maximum absolute atomic E-state index is 13.2. The molecule has 0 heterocycles. The van der Waals surface area contributed by atoms with E-state index < -0.39 is 0 Å². The highest BCUT2D eigenvalue weighted by atomic mass is 19.1. The highest BCUT2D eigenvalue weighted by molar-refractivity contribution is 5.27. The van der Waals surface area contributed by atoms with Gasteiger partial charge in [-0.25, -0.2) is 4.39 Å². The molecule has 0 aromatic heterocycles. The van der Waals surface area contributed by atoms with Crippen LogP contribution in [0.5, 0.6) is 0 Å². The van der Waals surface area contributed by atoms with Crippen molar-refractivity contribution in [2.45, 2.75) is 26.3 Å². The van der Waals surface area contributed by atoms with Gasteiger partial charge in [0.2, 0.25) is 0 Å². The molecule has 2 heteroatoms. The summed E-state index contributed by atoms with van der Waals surface area (Å²) in [5.74, 6) is -0.146. The molecule has 12 heavy (non-hydrogen) atoms. The lowest BCUT2D eigenvalue weighted by Crippen LogP contribution is -2.19. The molecular formula is C10H14FN. The van der Waals surface area contributed by atoms with Crippen LogP contribution < -0.4 is 5.73 Å². The van der Waals surface area contributed by atoms with Gasteiger partial charge < -0.3 is 5.73 Å². The molecule has 2 N–H and O–H groups in total. The molecule has 0 aliphatic rings. The van der Waals surface area contributed by atoms with Crippen molar-refractivity contribution in [3.63, 3.8) is 0 Å². The lowest BCUT2D eigenvalue weighted by Gasteiger charge is -2.09. The molecule has 0 bridgehead atoms. The van der Waals surface area contributed by atoms with Gasteiger partial charge in [-0.2, -0.15) is 0 Å². The molecule has 1 rings (SSSR count). The molecule has 0 spiro atoms. The van der Waals surface area contributed by atoms with Crippen molar-refractivity contribution in [1.29, 1.82) is 0 Å². The monoisotopic (exact) mass is 167 g/mol. The molecule has 1 atom stereocenters. The van der Waals surface area contributed by atoms with Gasteiger partial charge in [-0.3, -0.25) is 0 Å². The van der Waals surface area contributed by atoms with Crippen LogP contribution in [0.15, 0.2) is 18.2 Å². The Kier molecular flexibility index (Phi) is 2.82. The summed E-state index contributed by atoms with van der Waals surface area (Å²) in [5, 5.41) is 0. The molecule has 66 valence electrons. The van der Waals surface area contributed by atoms with Crippen molar-refractivity contribution in [2.75, 3.05) is 0 Å². The molecule has 0 aliphatic carbocycles. The summed E-state index contributed by atoms with van der Waals surface area (Å²) in [6, 6.07) is 5.11. The Morgan fingerprint density at radius 2 is 2.17 bits per heavy atom. The van der Waals surface area contributed by atoms with Gasteiger partial charge in [-0.05, 0) is 37.5 Å². The van der Waals surface area contributed by atoms with Crippen LogP contribution in [0.4, 0.5) is 4.39 Å². The van der Waals surface area contributed by atoms with Crippen LogP contribution in [-0.2, 0) is 6.42 Å². The molecule has 1 aromatic carbocycles. The normalized spacial score (nSPS) is 13.0. The third kappa shape index (κ3) is 2.05. The van der Waals surface area contributed by atoms with Crippen LogP contribution >= 0.6 is 0 Å². The fourth-order valence-electron chi connectivity index (χ4n) is 1.25. The second kappa shape index (κ2) is 3.68. The standard InChI is InChI=1S/C10H14FN/c1-7-4-3-5-10(11)9(7)6-8(2)12/h3-5,8H,6,12H2,1-2H3/t8-/m0/s1. The molecule has 1 nitrogen and oxygen atoms in total. The first-order chi connectivity index (χ1) is 5.61. The maximum atomic E-state index is 13.2. The Balaban J connectivity index is 2.96. The molecule has 1 aromatic rings. The minimum atomic E-state index is -0.146. The number of hydrogen-bond donors (Lipinski definition) is 1. The zero-order valence-electron chi connectivity index (χ0n) is 7.47. The summed E-state index contributed by atoms with van der Waals surface area (Å²) in [6.45, 7) is 3.78. The highest BCUT2D eigenvalue weighted by Crippen LogP contribution is 2.13. The smallest absolute Gasteiger partial charge is 0.126 e. The van der Waals surface area contributed by atoms with Crippen LogP contribution in [0.3, 0.4) is 0 Å². The average molecular weight is 167 g/mol. The van der Waals surface area contributed by atoms with E-state index in [2.05, 4.69) is 0 Å². The summed E-state index contributed by atoms with van der Waals surface area (Å²) >= 11 is 0. The number of rotatable bonds is 2. The number of halogens is 1. The molecule has 0 amide bonds. The largest absolute Gasteiger partial charge is 0.328 e. The van der Waals surface area contributed by atoms with E-state index in [4.69, 9.17) is 5.73 Å². The summed E-state index contributed by atoms with van der Waals surface area (Å²) in [6.07, 6.45) is 0.610. The van der Waals surface area contributed by atoms with Crippen molar-refractivity contribution >= 4 is 0 Å². The summed E-state index contributed by atoms with van der Waals surface area (Å²) in [7, 11) is 0. The van der Waals surface area contributed by atoms with E-state index in [0.29, 0.717) is 6.42 Å². The second-order valence-electron chi connectivity index (χ2n) is 3.22. The van der Waals surface area contributed by atoms with Crippen LogP contribution in [-0.4, -0.2) is 6.04 Å². The summed E-state index contributed by atoms with van der Waals surface area (Å²) in [4.78, 5) is 0. The third-order valence-electron chi connectivity index (χ3n) is 1.88. The molecule has 0 aliphatic heterocycles. The van der Waals surface area contributed by atoms with Gasteiger partial charge in [0.1, 0.15) is 5.82 Å². The van der Waals surface area contributed by atoms with Gasteiger partial charge in [0.25, 0.3) is 0 Å². The van der Waals surface area contributed by atoms with Crippen LogP contribution in [0, 0.1) is 12.7 Å². The first-order valence-electron chi connectivity index (χ1n) is 4.11. The predicted octanol–water partition coefficient (Wildman–Crippen LogP) is 2.02. The van der Waals surface area contributed by atoms with E-state index in [9.17, 15) is 4.39 Å². The topological polar surface area (TPSA) is 26.0 Å². The molecule has 0 saturated carbocycles. The van der Waals surface area contributed by atoms with Gasteiger partial charge in [0, 0.05) is 6.04 Å². The predicted molar refractivity (Wildman–Crippen MR) is 48.5 cm³/mol. The number of aryl methyl sites for hydroxylation is 1. The minimum Gasteiger partial charge on any atom is -0.328 e. The third-order valence-corrected chi connectivity index (χ3v) is 1.88. The SMILES string of the molecule is Cc1cccc(F)c1C[C@H](C)N. The fraction of sp³-hybridized carbons (Fsp3) is 0.400. The van der Waals surface area contributed by atoms with Crippen LogP contribution in [0.1, 0.15) is 18.1 Å². The second-order valence-corrected chi connectivity index (χ2v) is 3.22. The summed E-state index contributed by atoms with van der Waals surface area (Å²) < 4.78 is 13.2. The fourth-order valence-corrected chi connectivity index (χ4v) is 1.25. The number of benzene rings is 1. The Morgan fingerprint density at radius 3 is 2.67 bits per heavy atom. The number of hydrogen-bond acceptors (Lipinski definition) is 1. The zero-order valence-corrected chi connectivity index (χ0v) is 7.47. The van der Waals surface area contributed by atoms with Crippen LogP contribution in [0.2, 0.25) is 0 Å². The minimum absolute atomic E-state index is 0.0144. The van der Waals surface area contributed by atoms with E-state index >= 15 is 0 Å². The van der Waals surface area contributed by atoms with Crippen molar-refractivity contribution < 1.29 is 4.39 Å². The Bertz CT molecular complexity index is 248. The zero-order chi connectivity index (χ0) is 9.14. The van der Waals surface area contributed by atoms with Crippen molar-refractivity contribution in [1.82, 2.24) is 0 Å². The van der Waals surface area contributed by atoms with Gasteiger partial charge in [0.15, 0.2) is 0 Å². The van der Waals surface area contributed by atoms with E-state index in [-0.39, 0.29) is 11.9 Å². The first kappa shape index (κ1) is 9.20. The average Bonchev–Trinajstić information content (AvgIpc) is 1.97. The van der Waals surface area contributed by atoms with Crippen LogP contribution in [0.25, 0.3) is 0 Å². The quantitative estimate of drug-likeness (QED) is 0.716. The molecule has 0 unspecified atom stereocenters. The molecule has 0 radical (unpaired) electrons. The Hall–Kier alpha value is -0.890. The van der Waals surface area contributed by atoms with Gasteiger partial charge >= 0.3 is 0 Å². The van der Waals surface area contributed by atoms with Gasteiger partial charge in [-0.1, -0.05) is 12.1 Å². The van der Waals surface area contributed by atoms with E-state index in [1.165, 1.54) is 6.07 Å². The summed E-state index contributed by atoms with van der Waals surface area (Å²) in [5.41, 5.74) is 7.32. The molecule has 0 fully saturated rings. The molecule has 0 saturated heterocycles. The first-order valence-corrected chi connectivity index (χ1v) is 4.11. The van der Waals surface area contributed by atoms with Gasteiger partial charge in [0.05, 0.1) is 0 Å². The van der Waals surface area contributed by atoms with E-state index in [0.717, 1.165) is 11.1 Å². The van der Waals surface area contributed by atoms with Crippen molar-refractivity contribution in [3.05, 3.63) is 35.1 Å².